The van der Waals surface area contributed by atoms with Crippen molar-refractivity contribution in [1.29, 1.82) is 0 Å². The second-order valence-corrected chi connectivity index (χ2v) is 10.4. The molecule has 2 heteroatoms. The lowest BCUT2D eigenvalue weighted by molar-refractivity contribution is 0.718. The lowest BCUT2D eigenvalue weighted by atomic mass is 10.0. The largest absolute Gasteiger partial charge is 0.355 e. The van der Waals surface area contributed by atoms with Crippen LogP contribution in [0.2, 0.25) is 0 Å². The summed E-state index contributed by atoms with van der Waals surface area (Å²) < 4.78 is 0. The summed E-state index contributed by atoms with van der Waals surface area (Å²) in [6.45, 7) is 4.45. The van der Waals surface area contributed by atoms with Crippen LogP contribution in [0.1, 0.15) is 37.3 Å². The quantitative estimate of drug-likeness (QED) is 0.215. The van der Waals surface area contributed by atoms with E-state index in [-0.39, 0.29) is 0 Å². The van der Waals surface area contributed by atoms with E-state index in [9.17, 15) is 0 Å². The third kappa shape index (κ3) is 5.29. The molecule has 0 atom stereocenters. The number of benzene rings is 4. The van der Waals surface area contributed by atoms with Crippen LogP contribution in [0.4, 0.5) is 11.4 Å². The first kappa shape index (κ1) is 22.3. The fourth-order valence-corrected chi connectivity index (χ4v) is 6.57. The summed E-state index contributed by atoms with van der Waals surface area (Å²) in [5.74, 6) is 0. The smallest absolute Gasteiger partial charge is 0.0501 e. The van der Waals surface area contributed by atoms with E-state index in [0.29, 0.717) is 0 Å². The number of nitrogens with one attached hydrogen (secondary N) is 1. The number of hydrogen-bond acceptors (Lipinski definition) is 1. The number of anilines is 2. The first-order chi connectivity index (χ1) is 15.8. The van der Waals surface area contributed by atoms with Gasteiger partial charge >= 0.3 is 0 Å². The fourth-order valence-electron chi connectivity index (χ4n) is 4.12. The van der Waals surface area contributed by atoms with Gasteiger partial charge in [-0.05, 0) is 55.5 Å². The minimum Gasteiger partial charge on any atom is -0.355 e. The van der Waals surface area contributed by atoms with Crippen LogP contribution < -0.4 is 21.2 Å². The number of hydrogen-bond donors (Lipinski definition) is 1. The zero-order valence-electron chi connectivity index (χ0n) is 19.1. The Morgan fingerprint density at radius 3 is 1.91 bits per heavy atom. The molecule has 0 radical (unpaired) electrons. The van der Waals surface area contributed by atoms with Crippen molar-refractivity contribution in [2.24, 2.45) is 0 Å². The number of aryl methyl sites for hydroxylation is 2. The van der Waals surface area contributed by atoms with Gasteiger partial charge in [0.2, 0.25) is 0 Å². The second kappa shape index (κ2) is 11.1. The molecule has 4 aromatic rings. The molecular weight excluding hydrogens is 405 g/mol. The predicted octanol–water partition coefficient (Wildman–Crippen LogP) is 7.23. The van der Waals surface area contributed by atoms with Crippen LogP contribution in [0.5, 0.6) is 0 Å². The lowest BCUT2D eigenvalue weighted by Gasteiger charge is -2.25. The van der Waals surface area contributed by atoms with E-state index < -0.39 is 7.92 Å². The van der Waals surface area contributed by atoms with Crippen molar-refractivity contribution in [2.45, 2.75) is 39.5 Å². The SMILES string of the molecule is CCCCCc1cccc(P(c2ccccc2)c2ccccc2)c1Nc1ccccc1C. The second-order valence-electron chi connectivity index (χ2n) is 8.21. The third-order valence-electron chi connectivity index (χ3n) is 5.85. The topological polar surface area (TPSA) is 12.0 Å². The summed E-state index contributed by atoms with van der Waals surface area (Å²) in [6, 6.07) is 37.4. The molecule has 0 aliphatic heterocycles. The molecular formula is C30H32NP. The maximum Gasteiger partial charge on any atom is 0.0501 e. The van der Waals surface area contributed by atoms with E-state index in [1.165, 1.54) is 57.7 Å². The van der Waals surface area contributed by atoms with Crippen molar-refractivity contribution in [3.05, 3.63) is 114 Å². The summed E-state index contributed by atoms with van der Waals surface area (Å²) in [4.78, 5) is 0. The summed E-state index contributed by atoms with van der Waals surface area (Å²) in [5.41, 5.74) is 5.16. The van der Waals surface area contributed by atoms with Crippen LogP contribution in [0, 0.1) is 6.92 Å². The monoisotopic (exact) mass is 437 g/mol. The van der Waals surface area contributed by atoms with Crippen molar-refractivity contribution < 1.29 is 0 Å². The highest BCUT2D eigenvalue weighted by atomic mass is 31.1. The number of rotatable bonds is 9. The molecule has 0 saturated heterocycles. The van der Waals surface area contributed by atoms with Gasteiger partial charge in [-0.15, -0.1) is 0 Å². The predicted molar refractivity (Wildman–Crippen MR) is 143 cm³/mol. The number of para-hydroxylation sites is 2. The molecule has 0 spiro atoms. The van der Waals surface area contributed by atoms with Gasteiger partial charge in [0, 0.05) is 11.0 Å². The first-order valence-corrected chi connectivity index (χ1v) is 13.0. The van der Waals surface area contributed by atoms with E-state index in [0.717, 1.165) is 6.42 Å². The van der Waals surface area contributed by atoms with Gasteiger partial charge in [0.25, 0.3) is 0 Å². The molecule has 1 nitrogen and oxygen atoms in total. The van der Waals surface area contributed by atoms with E-state index in [2.05, 4.69) is 122 Å². The number of unbranched alkanes of at least 4 members (excludes halogenated alkanes) is 2. The van der Waals surface area contributed by atoms with Crippen molar-refractivity contribution in [1.82, 2.24) is 0 Å². The molecule has 32 heavy (non-hydrogen) atoms. The van der Waals surface area contributed by atoms with Gasteiger partial charge in [-0.3, -0.25) is 0 Å². The van der Waals surface area contributed by atoms with Crippen LogP contribution in [0.25, 0.3) is 0 Å². The van der Waals surface area contributed by atoms with Crippen molar-refractivity contribution >= 4 is 35.2 Å². The standard InChI is InChI=1S/C30H32NP/c1-3-4-7-16-25-17-14-23-29(30(25)31-28-22-13-12-15-24(28)2)32(26-18-8-5-9-19-26)27-20-10-6-11-21-27/h5-6,8-15,17-23,31H,3-4,7,16H2,1-2H3. The molecule has 0 aromatic heterocycles. The molecule has 0 fully saturated rings. The maximum atomic E-state index is 3.87. The van der Waals surface area contributed by atoms with Crippen LogP contribution >= 0.6 is 7.92 Å². The van der Waals surface area contributed by atoms with Gasteiger partial charge in [0.15, 0.2) is 0 Å². The van der Waals surface area contributed by atoms with E-state index in [1.807, 2.05) is 0 Å². The minimum absolute atomic E-state index is 0.670. The summed E-state index contributed by atoms with van der Waals surface area (Å²) in [5, 5.41) is 8.03. The Kier molecular flexibility index (Phi) is 7.75. The van der Waals surface area contributed by atoms with Gasteiger partial charge < -0.3 is 5.32 Å². The molecule has 0 aliphatic rings. The normalized spacial score (nSPS) is 11.0. The molecule has 0 amide bonds. The van der Waals surface area contributed by atoms with Crippen LogP contribution in [-0.2, 0) is 6.42 Å². The average molecular weight is 438 g/mol. The Morgan fingerprint density at radius 2 is 1.28 bits per heavy atom. The van der Waals surface area contributed by atoms with Crippen molar-refractivity contribution in [2.75, 3.05) is 5.32 Å². The van der Waals surface area contributed by atoms with Crippen molar-refractivity contribution in [3.63, 3.8) is 0 Å². The Bertz CT molecular complexity index is 1080. The molecule has 0 saturated carbocycles. The van der Waals surface area contributed by atoms with Crippen LogP contribution in [0.3, 0.4) is 0 Å². The van der Waals surface area contributed by atoms with Crippen molar-refractivity contribution in [3.8, 4) is 0 Å². The molecule has 1 N–H and O–H groups in total. The zero-order valence-corrected chi connectivity index (χ0v) is 20.0. The van der Waals surface area contributed by atoms with Gasteiger partial charge in [-0.1, -0.05) is 117 Å². The Labute approximate surface area is 194 Å². The van der Waals surface area contributed by atoms with Gasteiger partial charge in [-0.2, -0.15) is 0 Å². The van der Waals surface area contributed by atoms with Crippen LogP contribution in [0.15, 0.2) is 103 Å². The first-order valence-electron chi connectivity index (χ1n) is 11.6. The summed E-state index contributed by atoms with van der Waals surface area (Å²) >= 11 is 0. The van der Waals surface area contributed by atoms with Gasteiger partial charge in [0.1, 0.15) is 0 Å². The van der Waals surface area contributed by atoms with E-state index >= 15 is 0 Å². The highest BCUT2D eigenvalue weighted by molar-refractivity contribution is 7.80. The maximum absolute atomic E-state index is 3.87. The third-order valence-corrected chi connectivity index (χ3v) is 8.34. The Hall–Kier alpha value is -2.89. The molecule has 0 bridgehead atoms. The molecule has 0 unspecified atom stereocenters. The fraction of sp³-hybridized carbons (Fsp3) is 0.200. The summed E-state index contributed by atoms with van der Waals surface area (Å²) in [6.07, 6.45) is 4.82. The molecule has 4 rings (SSSR count). The Balaban J connectivity index is 1.87. The molecule has 162 valence electrons. The molecule has 0 heterocycles. The highest BCUT2D eigenvalue weighted by Crippen LogP contribution is 2.38. The highest BCUT2D eigenvalue weighted by Gasteiger charge is 2.21. The zero-order chi connectivity index (χ0) is 22.2. The van der Waals surface area contributed by atoms with Gasteiger partial charge in [-0.25, -0.2) is 0 Å². The molecule has 4 aromatic carbocycles. The van der Waals surface area contributed by atoms with E-state index in [4.69, 9.17) is 0 Å². The minimum atomic E-state index is -0.670. The van der Waals surface area contributed by atoms with Crippen LogP contribution in [-0.4, -0.2) is 0 Å². The summed E-state index contributed by atoms with van der Waals surface area (Å²) in [7, 11) is -0.670. The van der Waals surface area contributed by atoms with Gasteiger partial charge in [0.05, 0.1) is 5.69 Å². The average Bonchev–Trinajstić information content (AvgIpc) is 2.84. The lowest BCUT2D eigenvalue weighted by Crippen LogP contribution is -2.23. The Morgan fingerprint density at radius 1 is 0.656 bits per heavy atom. The molecule has 0 aliphatic carbocycles. The van der Waals surface area contributed by atoms with E-state index in [1.54, 1.807) is 0 Å².